The van der Waals surface area contributed by atoms with Crippen LogP contribution in [0.15, 0.2) is 59.1 Å². The second kappa shape index (κ2) is 7.67. The molecule has 3 nitrogen and oxygen atoms in total. The second-order valence-electron chi connectivity index (χ2n) is 5.82. The van der Waals surface area contributed by atoms with E-state index in [2.05, 4.69) is 59.0 Å². The first-order chi connectivity index (χ1) is 11.7. The second-order valence-corrected chi connectivity index (χ2v) is 6.74. The minimum Gasteiger partial charge on any atom is -0.483 e. The summed E-state index contributed by atoms with van der Waals surface area (Å²) < 4.78 is 7.17. The van der Waals surface area contributed by atoms with Crippen LogP contribution in [0.4, 0.5) is 0 Å². The molecular weight excluding hydrogens is 364 g/mol. The summed E-state index contributed by atoms with van der Waals surface area (Å²) in [5.41, 5.74) is 3.42. The van der Waals surface area contributed by atoms with Gasteiger partial charge in [-0.2, -0.15) is 0 Å². The van der Waals surface area contributed by atoms with Gasteiger partial charge >= 0.3 is 0 Å². The third kappa shape index (κ3) is 4.06. The van der Waals surface area contributed by atoms with Gasteiger partial charge in [0.1, 0.15) is 11.6 Å². The summed E-state index contributed by atoms with van der Waals surface area (Å²) in [6.45, 7) is 4.18. The van der Waals surface area contributed by atoms with E-state index in [1.54, 1.807) is 0 Å². The van der Waals surface area contributed by atoms with E-state index in [0.717, 1.165) is 40.3 Å². The number of para-hydroxylation sites is 1. The first kappa shape index (κ1) is 16.8. The number of aryl methyl sites for hydroxylation is 1. The summed E-state index contributed by atoms with van der Waals surface area (Å²) in [7, 11) is 0. The number of ether oxygens (including phenoxy) is 1. The number of rotatable bonds is 6. The van der Waals surface area contributed by atoms with Gasteiger partial charge < -0.3 is 9.72 Å². The third-order valence-electron chi connectivity index (χ3n) is 3.99. The number of halogens is 1. The van der Waals surface area contributed by atoms with Gasteiger partial charge in [0, 0.05) is 16.6 Å². The summed E-state index contributed by atoms with van der Waals surface area (Å²) in [5, 5.41) is 0. The molecule has 2 aromatic carbocycles. The van der Waals surface area contributed by atoms with Gasteiger partial charge in [0.05, 0.1) is 5.69 Å². The molecule has 0 saturated carbocycles. The maximum atomic E-state index is 6.08. The van der Waals surface area contributed by atoms with E-state index >= 15 is 0 Å². The Hall–Kier alpha value is -2.07. The fourth-order valence-corrected chi connectivity index (χ4v) is 2.90. The molecule has 0 aliphatic heterocycles. The van der Waals surface area contributed by atoms with Crippen molar-refractivity contribution in [2.45, 2.75) is 32.8 Å². The van der Waals surface area contributed by atoms with Gasteiger partial charge in [-0.25, -0.2) is 4.98 Å². The van der Waals surface area contributed by atoms with Crippen LogP contribution < -0.4 is 4.74 Å². The number of aromatic amines is 1. The number of hydrogen-bond donors (Lipinski definition) is 1. The van der Waals surface area contributed by atoms with Crippen molar-refractivity contribution >= 4 is 15.9 Å². The van der Waals surface area contributed by atoms with Crippen LogP contribution in [0.5, 0.6) is 5.75 Å². The number of H-pyrrole nitrogens is 1. The van der Waals surface area contributed by atoms with E-state index in [1.165, 1.54) is 5.56 Å². The molecule has 1 N–H and O–H groups in total. The van der Waals surface area contributed by atoms with Gasteiger partial charge in [-0.1, -0.05) is 53.2 Å². The Kier molecular flexibility index (Phi) is 5.36. The number of nitrogens with zero attached hydrogens (tertiary/aromatic N) is 1. The molecule has 0 amide bonds. The molecule has 1 atom stereocenters. The van der Waals surface area contributed by atoms with Crippen molar-refractivity contribution in [3.63, 3.8) is 0 Å². The van der Waals surface area contributed by atoms with E-state index in [0.29, 0.717) is 0 Å². The zero-order valence-electron chi connectivity index (χ0n) is 13.9. The molecule has 0 aliphatic carbocycles. The van der Waals surface area contributed by atoms with E-state index in [1.807, 2.05) is 30.3 Å². The lowest BCUT2D eigenvalue weighted by atomic mass is 10.1. The standard InChI is InChI=1S/C20H21BrN2O/c1-3-19(24-17-7-5-4-6-8-17)20-22-14(2)18(23-20)13-15-9-11-16(21)12-10-15/h4-12,19H,3,13H2,1-2H3,(H,22,23). The summed E-state index contributed by atoms with van der Waals surface area (Å²) in [5.74, 6) is 1.76. The molecule has 24 heavy (non-hydrogen) atoms. The zero-order valence-corrected chi connectivity index (χ0v) is 15.5. The molecule has 0 spiro atoms. The monoisotopic (exact) mass is 384 g/mol. The number of imidazole rings is 1. The van der Waals surface area contributed by atoms with Gasteiger partial charge in [0.25, 0.3) is 0 Å². The third-order valence-corrected chi connectivity index (χ3v) is 4.51. The molecule has 3 rings (SSSR count). The molecule has 1 heterocycles. The molecule has 124 valence electrons. The molecule has 0 aliphatic rings. The largest absolute Gasteiger partial charge is 0.483 e. The van der Waals surface area contributed by atoms with Gasteiger partial charge in [-0.15, -0.1) is 0 Å². The number of benzene rings is 2. The first-order valence-corrected chi connectivity index (χ1v) is 8.96. The average molecular weight is 385 g/mol. The van der Waals surface area contributed by atoms with Gasteiger partial charge in [0.15, 0.2) is 6.10 Å². The minimum atomic E-state index is -0.0650. The van der Waals surface area contributed by atoms with E-state index in [9.17, 15) is 0 Å². The number of hydrogen-bond acceptors (Lipinski definition) is 2. The predicted octanol–water partition coefficient (Wildman–Crippen LogP) is 5.60. The van der Waals surface area contributed by atoms with Crippen molar-refractivity contribution in [3.05, 3.63) is 81.8 Å². The first-order valence-electron chi connectivity index (χ1n) is 8.17. The number of aromatic nitrogens is 2. The van der Waals surface area contributed by atoms with Gasteiger partial charge in [0.2, 0.25) is 0 Å². The van der Waals surface area contributed by atoms with Crippen LogP contribution in [0.1, 0.15) is 42.2 Å². The SMILES string of the molecule is CCC(Oc1ccccc1)c1nc(Cc2ccc(Br)cc2)c(C)[nH]1. The van der Waals surface area contributed by atoms with Crippen LogP contribution in [0, 0.1) is 6.92 Å². The highest BCUT2D eigenvalue weighted by atomic mass is 79.9. The van der Waals surface area contributed by atoms with E-state index in [4.69, 9.17) is 9.72 Å². The molecular formula is C20H21BrN2O. The van der Waals surface area contributed by atoms with Crippen molar-refractivity contribution in [2.24, 2.45) is 0 Å². The Morgan fingerprint density at radius 1 is 1.08 bits per heavy atom. The Bertz CT molecular complexity index is 781. The highest BCUT2D eigenvalue weighted by Crippen LogP contribution is 2.24. The maximum Gasteiger partial charge on any atom is 0.156 e. The Labute approximate surface area is 151 Å². The molecule has 0 bridgehead atoms. The fraction of sp³-hybridized carbons (Fsp3) is 0.250. The lowest BCUT2D eigenvalue weighted by Gasteiger charge is -2.15. The Morgan fingerprint density at radius 3 is 2.46 bits per heavy atom. The molecule has 1 aromatic heterocycles. The van der Waals surface area contributed by atoms with Gasteiger partial charge in [-0.3, -0.25) is 0 Å². The quantitative estimate of drug-likeness (QED) is 0.600. The average Bonchev–Trinajstić information content (AvgIpc) is 2.96. The van der Waals surface area contributed by atoms with Crippen LogP contribution in [-0.2, 0) is 6.42 Å². The molecule has 4 heteroatoms. The maximum absolute atomic E-state index is 6.08. The van der Waals surface area contributed by atoms with Crippen LogP contribution in [0.2, 0.25) is 0 Å². The highest BCUT2D eigenvalue weighted by Gasteiger charge is 2.17. The lowest BCUT2D eigenvalue weighted by molar-refractivity contribution is 0.192. The van der Waals surface area contributed by atoms with Crippen molar-refractivity contribution in [3.8, 4) is 5.75 Å². The summed E-state index contributed by atoms with van der Waals surface area (Å²) in [6.07, 6.45) is 1.61. The molecule has 0 saturated heterocycles. The smallest absolute Gasteiger partial charge is 0.156 e. The Morgan fingerprint density at radius 2 is 1.79 bits per heavy atom. The van der Waals surface area contributed by atoms with Crippen LogP contribution in [0.3, 0.4) is 0 Å². The number of nitrogens with one attached hydrogen (secondary N) is 1. The molecule has 1 unspecified atom stereocenters. The van der Waals surface area contributed by atoms with Crippen molar-refractivity contribution in [2.75, 3.05) is 0 Å². The molecule has 3 aromatic rings. The van der Waals surface area contributed by atoms with Gasteiger partial charge in [-0.05, 0) is 43.2 Å². The summed E-state index contributed by atoms with van der Waals surface area (Å²) in [4.78, 5) is 8.20. The highest BCUT2D eigenvalue weighted by molar-refractivity contribution is 9.10. The molecule has 0 fully saturated rings. The minimum absolute atomic E-state index is 0.0650. The van der Waals surface area contributed by atoms with E-state index < -0.39 is 0 Å². The normalized spacial score (nSPS) is 12.1. The van der Waals surface area contributed by atoms with Crippen molar-refractivity contribution < 1.29 is 4.74 Å². The van der Waals surface area contributed by atoms with Crippen LogP contribution >= 0.6 is 15.9 Å². The van der Waals surface area contributed by atoms with Crippen molar-refractivity contribution in [1.82, 2.24) is 9.97 Å². The van der Waals surface area contributed by atoms with Crippen LogP contribution in [-0.4, -0.2) is 9.97 Å². The summed E-state index contributed by atoms with van der Waals surface area (Å²) in [6, 6.07) is 18.3. The zero-order chi connectivity index (χ0) is 16.9. The van der Waals surface area contributed by atoms with E-state index in [-0.39, 0.29) is 6.10 Å². The predicted molar refractivity (Wildman–Crippen MR) is 100 cm³/mol. The topological polar surface area (TPSA) is 37.9 Å². The molecule has 0 radical (unpaired) electrons. The fourth-order valence-electron chi connectivity index (χ4n) is 2.64. The Balaban J connectivity index is 1.77. The van der Waals surface area contributed by atoms with Crippen molar-refractivity contribution in [1.29, 1.82) is 0 Å². The van der Waals surface area contributed by atoms with Crippen LogP contribution in [0.25, 0.3) is 0 Å². The summed E-state index contributed by atoms with van der Waals surface area (Å²) >= 11 is 3.47. The lowest BCUT2D eigenvalue weighted by Crippen LogP contribution is -2.08.